The highest BCUT2D eigenvalue weighted by Gasteiger charge is 2.04. The molecule has 0 aliphatic rings. The Morgan fingerprint density at radius 1 is 1.12 bits per heavy atom. The molecule has 1 heterocycles. The van der Waals surface area contributed by atoms with Crippen LogP contribution in [0.1, 0.15) is 6.92 Å². The van der Waals surface area contributed by atoms with Gasteiger partial charge in [0, 0.05) is 5.56 Å². The summed E-state index contributed by atoms with van der Waals surface area (Å²) in [5, 5.41) is 0. The number of anilines is 1. The summed E-state index contributed by atoms with van der Waals surface area (Å²) in [6.07, 6.45) is 0. The Hall–Kier alpha value is -2.03. The summed E-state index contributed by atoms with van der Waals surface area (Å²) < 4.78 is 5.36. The summed E-state index contributed by atoms with van der Waals surface area (Å²) >= 11 is 0. The minimum absolute atomic E-state index is 0.504. The van der Waals surface area contributed by atoms with Crippen LogP contribution in [0.25, 0.3) is 11.3 Å². The Balaban J connectivity index is 2.40. The van der Waals surface area contributed by atoms with E-state index in [0.29, 0.717) is 18.2 Å². The normalized spacial score (nSPS) is 10.1. The number of hydrogen-bond donors (Lipinski definition) is 1. The molecule has 0 aliphatic heterocycles. The summed E-state index contributed by atoms with van der Waals surface area (Å²) in [5.41, 5.74) is 8.27. The van der Waals surface area contributed by atoms with Gasteiger partial charge in [-0.15, -0.1) is 0 Å². The van der Waals surface area contributed by atoms with Gasteiger partial charge in [0.1, 0.15) is 0 Å². The number of nitrogens with two attached hydrogens (primary N) is 1. The lowest BCUT2D eigenvalue weighted by atomic mass is 10.1. The molecule has 0 bridgehead atoms. The first-order chi connectivity index (χ1) is 7.81. The Morgan fingerprint density at radius 2 is 1.88 bits per heavy atom. The van der Waals surface area contributed by atoms with Gasteiger partial charge in [-0.05, 0) is 19.1 Å². The van der Waals surface area contributed by atoms with Crippen LogP contribution in [0.3, 0.4) is 0 Å². The van der Waals surface area contributed by atoms with Gasteiger partial charge in [-0.25, -0.2) is 4.98 Å². The minimum Gasteiger partial charge on any atom is -0.476 e. The molecule has 2 N–H and O–H groups in total. The van der Waals surface area contributed by atoms with E-state index in [0.717, 1.165) is 11.3 Å². The maximum atomic E-state index is 5.77. The molecule has 0 fully saturated rings. The molecule has 0 atom stereocenters. The summed E-state index contributed by atoms with van der Waals surface area (Å²) in [4.78, 5) is 4.39. The molecule has 1 aromatic heterocycles. The summed E-state index contributed by atoms with van der Waals surface area (Å²) in [6, 6.07) is 13.7. The highest BCUT2D eigenvalue weighted by atomic mass is 16.5. The molecule has 0 aliphatic carbocycles. The fourth-order valence-corrected chi connectivity index (χ4v) is 1.47. The van der Waals surface area contributed by atoms with E-state index in [4.69, 9.17) is 10.5 Å². The highest BCUT2D eigenvalue weighted by molar-refractivity contribution is 5.63. The van der Waals surface area contributed by atoms with Gasteiger partial charge in [0.15, 0.2) is 0 Å². The van der Waals surface area contributed by atoms with Gasteiger partial charge in [0.05, 0.1) is 18.0 Å². The lowest BCUT2D eigenvalue weighted by Gasteiger charge is -2.07. The molecule has 0 spiro atoms. The number of rotatable bonds is 3. The maximum Gasteiger partial charge on any atom is 0.237 e. The van der Waals surface area contributed by atoms with Crippen LogP contribution in [-0.4, -0.2) is 11.6 Å². The maximum absolute atomic E-state index is 5.77. The van der Waals surface area contributed by atoms with Gasteiger partial charge < -0.3 is 10.5 Å². The quantitative estimate of drug-likeness (QED) is 0.854. The second-order valence-corrected chi connectivity index (χ2v) is 3.39. The van der Waals surface area contributed by atoms with Gasteiger partial charge in [-0.1, -0.05) is 30.3 Å². The van der Waals surface area contributed by atoms with Crippen LogP contribution in [0.2, 0.25) is 0 Å². The van der Waals surface area contributed by atoms with Gasteiger partial charge in [0.25, 0.3) is 0 Å². The monoisotopic (exact) mass is 214 g/mol. The van der Waals surface area contributed by atoms with Crippen molar-refractivity contribution in [1.82, 2.24) is 4.98 Å². The third kappa shape index (κ3) is 2.14. The number of nitrogen functional groups attached to an aromatic ring is 1. The van der Waals surface area contributed by atoms with Crippen LogP contribution in [0.4, 0.5) is 5.69 Å². The van der Waals surface area contributed by atoms with Crippen molar-refractivity contribution in [3.05, 3.63) is 42.5 Å². The molecular weight excluding hydrogens is 200 g/mol. The molecule has 0 radical (unpaired) electrons. The lowest BCUT2D eigenvalue weighted by molar-refractivity contribution is 0.329. The Kier molecular flexibility index (Phi) is 3.05. The van der Waals surface area contributed by atoms with Crippen molar-refractivity contribution in [2.45, 2.75) is 6.92 Å². The summed E-state index contributed by atoms with van der Waals surface area (Å²) in [7, 11) is 0. The van der Waals surface area contributed by atoms with E-state index in [1.807, 2.05) is 49.4 Å². The van der Waals surface area contributed by atoms with Crippen molar-refractivity contribution < 1.29 is 4.74 Å². The van der Waals surface area contributed by atoms with E-state index in [9.17, 15) is 0 Å². The van der Waals surface area contributed by atoms with Crippen molar-refractivity contribution >= 4 is 5.69 Å². The number of benzene rings is 1. The molecule has 0 unspecified atom stereocenters. The number of pyridine rings is 1. The molecular formula is C13H14N2O. The van der Waals surface area contributed by atoms with Crippen LogP contribution in [0.5, 0.6) is 5.88 Å². The SMILES string of the molecule is CCOc1nc(-c2ccccc2)ccc1N. The van der Waals surface area contributed by atoms with E-state index < -0.39 is 0 Å². The molecule has 0 saturated heterocycles. The first kappa shape index (κ1) is 10.5. The van der Waals surface area contributed by atoms with Gasteiger partial charge in [0.2, 0.25) is 5.88 Å². The van der Waals surface area contributed by atoms with Gasteiger partial charge in [-0.3, -0.25) is 0 Å². The van der Waals surface area contributed by atoms with E-state index in [-0.39, 0.29) is 0 Å². The number of aromatic nitrogens is 1. The van der Waals surface area contributed by atoms with Crippen LogP contribution in [0.15, 0.2) is 42.5 Å². The van der Waals surface area contributed by atoms with Gasteiger partial charge >= 0.3 is 0 Å². The zero-order valence-electron chi connectivity index (χ0n) is 9.18. The summed E-state index contributed by atoms with van der Waals surface area (Å²) in [6.45, 7) is 2.48. The van der Waals surface area contributed by atoms with E-state index in [2.05, 4.69) is 4.98 Å². The van der Waals surface area contributed by atoms with E-state index >= 15 is 0 Å². The molecule has 2 aromatic rings. The first-order valence-electron chi connectivity index (χ1n) is 5.26. The second-order valence-electron chi connectivity index (χ2n) is 3.39. The Bertz CT molecular complexity index is 469. The third-order valence-electron chi connectivity index (χ3n) is 2.24. The Morgan fingerprint density at radius 3 is 2.56 bits per heavy atom. The smallest absolute Gasteiger partial charge is 0.237 e. The fourth-order valence-electron chi connectivity index (χ4n) is 1.47. The van der Waals surface area contributed by atoms with E-state index in [1.165, 1.54) is 0 Å². The summed E-state index contributed by atoms with van der Waals surface area (Å²) in [5.74, 6) is 0.504. The fraction of sp³-hybridized carbons (Fsp3) is 0.154. The number of ether oxygens (including phenoxy) is 1. The topological polar surface area (TPSA) is 48.1 Å². The average Bonchev–Trinajstić information content (AvgIpc) is 2.33. The molecule has 1 aromatic carbocycles. The predicted octanol–water partition coefficient (Wildman–Crippen LogP) is 2.73. The largest absolute Gasteiger partial charge is 0.476 e. The average molecular weight is 214 g/mol. The standard InChI is InChI=1S/C13H14N2O/c1-2-16-13-11(14)8-9-12(15-13)10-6-4-3-5-7-10/h3-9H,2,14H2,1H3. The molecule has 0 saturated carbocycles. The zero-order chi connectivity index (χ0) is 11.4. The molecule has 3 heteroatoms. The van der Waals surface area contributed by atoms with Crippen molar-refractivity contribution in [3.63, 3.8) is 0 Å². The van der Waals surface area contributed by atoms with Crippen LogP contribution >= 0.6 is 0 Å². The van der Waals surface area contributed by atoms with E-state index in [1.54, 1.807) is 0 Å². The Labute approximate surface area is 94.9 Å². The molecule has 0 amide bonds. The van der Waals surface area contributed by atoms with Crippen LogP contribution in [-0.2, 0) is 0 Å². The van der Waals surface area contributed by atoms with Crippen molar-refractivity contribution in [3.8, 4) is 17.1 Å². The highest BCUT2D eigenvalue weighted by Crippen LogP contribution is 2.24. The van der Waals surface area contributed by atoms with Crippen LogP contribution < -0.4 is 10.5 Å². The third-order valence-corrected chi connectivity index (χ3v) is 2.24. The van der Waals surface area contributed by atoms with Crippen molar-refractivity contribution in [2.75, 3.05) is 12.3 Å². The molecule has 2 rings (SSSR count). The molecule has 16 heavy (non-hydrogen) atoms. The van der Waals surface area contributed by atoms with Crippen molar-refractivity contribution in [1.29, 1.82) is 0 Å². The lowest BCUT2D eigenvalue weighted by Crippen LogP contribution is -2.00. The molecule has 3 nitrogen and oxygen atoms in total. The predicted molar refractivity (Wildman–Crippen MR) is 65.3 cm³/mol. The molecule has 82 valence electrons. The zero-order valence-corrected chi connectivity index (χ0v) is 9.18. The van der Waals surface area contributed by atoms with Gasteiger partial charge in [-0.2, -0.15) is 0 Å². The minimum atomic E-state index is 0.504. The van der Waals surface area contributed by atoms with Crippen molar-refractivity contribution in [2.24, 2.45) is 0 Å². The first-order valence-corrected chi connectivity index (χ1v) is 5.26. The second kappa shape index (κ2) is 4.66. The number of nitrogens with zero attached hydrogens (tertiary/aromatic N) is 1. The van der Waals surface area contributed by atoms with Crippen LogP contribution in [0, 0.1) is 0 Å². The number of hydrogen-bond acceptors (Lipinski definition) is 3.